The third-order valence-electron chi connectivity index (χ3n) is 2.69. The zero-order valence-electron chi connectivity index (χ0n) is 13.4. The first-order chi connectivity index (χ1) is 10.8. The Morgan fingerprint density at radius 1 is 1.22 bits per heavy atom. The highest BCUT2D eigenvalue weighted by Gasteiger charge is 2.14. The van der Waals surface area contributed by atoms with Crippen LogP contribution in [0.3, 0.4) is 0 Å². The van der Waals surface area contributed by atoms with Gasteiger partial charge in [-0.25, -0.2) is 14.8 Å². The minimum atomic E-state index is -0.584. The number of aromatic nitrogens is 2. The van der Waals surface area contributed by atoms with Crippen molar-refractivity contribution in [1.29, 1.82) is 0 Å². The van der Waals surface area contributed by atoms with Crippen LogP contribution >= 0.6 is 11.6 Å². The van der Waals surface area contributed by atoms with Gasteiger partial charge in [-0.1, -0.05) is 11.6 Å². The predicted molar refractivity (Wildman–Crippen MR) is 88.9 cm³/mol. The molecule has 23 heavy (non-hydrogen) atoms. The molecule has 2 aromatic heterocycles. The lowest BCUT2D eigenvalue weighted by Gasteiger charge is -2.20. The number of amides is 1. The molecule has 7 heteroatoms. The number of anilines is 1. The Morgan fingerprint density at radius 3 is 2.61 bits per heavy atom. The van der Waals surface area contributed by atoms with Gasteiger partial charge in [0.05, 0.1) is 7.11 Å². The lowest BCUT2D eigenvalue weighted by atomic mass is 10.1. The fourth-order valence-electron chi connectivity index (χ4n) is 1.84. The number of nitrogens with zero attached hydrogens (tertiary/aromatic N) is 2. The van der Waals surface area contributed by atoms with E-state index >= 15 is 0 Å². The summed E-state index contributed by atoms with van der Waals surface area (Å²) in [5.41, 5.74) is 1.24. The van der Waals surface area contributed by atoms with Crippen LogP contribution in [-0.2, 0) is 4.74 Å². The molecule has 0 aliphatic carbocycles. The van der Waals surface area contributed by atoms with Crippen LogP contribution in [0.2, 0.25) is 5.15 Å². The maximum absolute atomic E-state index is 11.3. The van der Waals surface area contributed by atoms with Crippen LogP contribution in [0.4, 0.5) is 10.6 Å². The van der Waals surface area contributed by atoms with Crippen molar-refractivity contribution in [3.8, 4) is 17.0 Å². The molecule has 6 nitrogen and oxygen atoms in total. The normalized spacial score (nSPS) is 11.0. The van der Waals surface area contributed by atoms with Crippen molar-refractivity contribution < 1.29 is 14.3 Å². The number of methoxy groups -OCH3 is 1. The average Bonchev–Trinajstić information content (AvgIpc) is 2.45. The second-order valence-electron chi connectivity index (χ2n) is 5.78. The van der Waals surface area contributed by atoms with Crippen LogP contribution < -0.4 is 10.1 Å². The number of rotatable bonds is 3. The van der Waals surface area contributed by atoms with Crippen LogP contribution in [0.5, 0.6) is 5.88 Å². The Labute approximate surface area is 139 Å². The molecule has 0 bridgehead atoms. The summed E-state index contributed by atoms with van der Waals surface area (Å²) in [5, 5.41) is 2.84. The van der Waals surface area contributed by atoms with Gasteiger partial charge in [0.25, 0.3) is 0 Å². The van der Waals surface area contributed by atoms with Crippen molar-refractivity contribution in [3.63, 3.8) is 0 Å². The van der Waals surface area contributed by atoms with Crippen molar-refractivity contribution in [2.45, 2.75) is 26.4 Å². The minimum Gasteiger partial charge on any atom is -0.472 e. The SMILES string of the molecule is COC(=O)Nc1cc(-c2cc(Cl)nc(OC(C)(C)C)c2)ccn1. The molecular formula is C16H18ClN3O3. The van der Waals surface area contributed by atoms with Crippen LogP contribution in [-0.4, -0.2) is 28.8 Å². The molecule has 2 heterocycles. The first-order valence-electron chi connectivity index (χ1n) is 6.95. The standard InChI is InChI=1S/C16H18ClN3O3/c1-16(2,3)23-14-9-11(7-12(17)19-14)10-5-6-18-13(8-10)20-15(21)22-4/h5-9H,1-4H3,(H,18,20,21). The molecule has 0 saturated carbocycles. The van der Waals surface area contributed by atoms with E-state index in [-0.39, 0.29) is 5.60 Å². The fourth-order valence-corrected chi connectivity index (χ4v) is 2.04. The summed E-state index contributed by atoms with van der Waals surface area (Å²) in [6.07, 6.45) is 0.998. The lowest BCUT2D eigenvalue weighted by molar-refractivity contribution is 0.124. The molecule has 0 saturated heterocycles. The fraction of sp³-hybridized carbons (Fsp3) is 0.312. The summed E-state index contributed by atoms with van der Waals surface area (Å²) in [7, 11) is 1.29. The molecule has 0 atom stereocenters. The molecule has 0 aromatic carbocycles. The minimum absolute atomic E-state index is 0.320. The highest BCUT2D eigenvalue weighted by molar-refractivity contribution is 6.29. The monoisotopic (exact) mass is 335 g/mol. The molecule has 2 aromatic rings. The molecule has 0 spiro atoms. The van der Waals surface area contributed by atoms with E-state index in [0.717, 1.165) is 11.1 Å². The topological polar surface area (TPSA) is 73.3 Å². The van der Waals surface area contributed by atoms with Crippen LogP contribution in [0.1, 0.15) is 20.8 Å². The van der Waals surface area contributed by atoms with Crippen LogP contribution in [0.15, 0.2) is 30.5 Å². The summed E-state index contributed by atoms with van der Waals surface area (Å²) in [5.74, 6) is 0.805. The highest BCUT2D eigenvalue weighted by atomic mass is 35.5. The number of carbonyl (C=O) groups is 1. The van der Waals surface area contributed by atoms with Crippen molar-refractivity contribution in [3.05, 3.63) is 35.6 Å². The van der Waals surface area contributed by atoms with E-state index in [9.17, 15) is 4.79 Å². The van der Waals surface area contributed by atoms with Gasteiger partial charge in [-0.2, -0.15) is 0 Å². The smallest absolute Gasteiger partial charge is 0.412 e. The molecule has 0 unspecified atom stereocenters. The highest BCUT2D eigenvalue weighted by Crippen LogP contribution is 2.28. The molecule has 122 valence electrons. The van der Waals surface area contributed by atoms with E-state index in [1.807, 2.05) is 20.8 Å². The number of hydrogen-bond donors (Lipinski definition) is 1. The van der Waals surface area contributed by atoms with Gasteiger partial charge >= 0.3 is 6.09 Å². The maximum atomic E-state index is 11.3. The zero-order chi connectivity index (χ0) is 17.0. The van der Waals surface area contributed by atoms with Gasteiger partial charge in [-0.05, 0) is 50.1 Å². The molecule has 1 amide bonds. The summed E-state index contributed by atoms with van der Waals surface area (Å²) >= 11 is 6.08. The van der Waals surface area contributed by atoms with Gasteiger partial charge in [0.1, 0.15) is 16.6 Å². The number of halogens is 1. The summed E-state index contributed by atoms with van der Waals surface area (Å²) in [4.78, 5) is 19.5. The molecule has 0 radical (unpaired) electrons. The first kappa shape index (κ1) is 17.0. The lowest BCUT2D eigenvalue weighted by Crippen LogP contribution is -2.23. The van der Waals surface area contributed by atoms with E-state index in [0.29, 0.717) is 16.9 Å². The van der Waals surface area contributed by atoms with Crippen molar-refractivity contribution in [2.75, 3.05) is 12.4 Å². The Morgan fingerprint density at radius 2 is 1.96 bits per heavy atom. The molecular weight excluding hydrogens is 318 g/mol. The van der Waals surface area contributed by atoms with E-state index in [4.69, 9.17) is 16.3 Å². The van der Waals surface area contributed by atoms with Crippen LogP contribution in [0.25, 0.3) is 11.1 Å². The largest absolute Gasteiger partial charge is 0.472 e. The average molecular weight is 336 g/mol. The van der Waals surface area contributed by atoms with Gasteiger partial charge in [0.15, 0.2) is 0 Å². The van der Waals surface area contributed by atoms with Gasteiger partial charge in [0.2, 0.25) is 5.88 Å². The first-order valence-corrected chi connectivity index (χ1v) is 7.32. The van der Waals surface area contributed by atoms with Crippen molar-refractivity contribution in [2.24, 2.45) is 0 Å². The number of hydrogen-bond acceptors (Lipinski definition) is 5. The maximum Gasteiger partial charge on any atom is 0.412 e. The second kappa shape index (κ2) is 6.83. The molecule has 1 N–H and O–H groups in total. The quantitative estimate of drug-likeness (QED) is 0.853. The van der Waals surface area contributed by atoms with Gasteiger partial charge in [-0.15, -0.1) is 0 Å². The number of nitrogens with one attached hydrogen (secondary N) is 1. The molecule has 0 aliphatic rings. The van der Waals surface area contributed by atoms with Gasteiger partial charge in [0, 0.05) is 12.3 Å². The van der Waals surface area contributed by atoms with E-state index in [1.54, 1.807) is 30.5 Å². The number of ether oxygens (including phenoxy) is 2. The van der Waals surface area contributed by atoms with E-state index in [1.165, 1.54) is 7.11 Å². The summed E-state index contributed by atoms with van der Waals surface area (Å²) in [6, 6.07) is 7.02. The summed E-state index contributed by atoms with van der Waals surface area (Å²) in [6.45, 7) is 5.79. The Hall–Kier alpha value is -2.34. The third-order valence-corrected chi connectivity index (χ3v) is 2.88. The number of carbonyl (C=O) groups excluding carboxylic acids is 1. The Bertz CT molecular complexity index is 714. The number of pyridine rings is 2. The van der Waals surface area contributed by atoms with Crippen molar-refractivity contribution in [1.82, 2.24) is 9.97 Å². The molecule has 0 fully saturated rings. The zero-order valence-corrected chi connectivity index (χ0v) is 14.1. The molecule has 0 aliphatic heterocycles. The summed E-state index contributed by atoms with van der Waals surface area (Å²) < 4.78 is 10.3. The van der Waals surface area contributed by atoms with E-state index < -0.39 is 6.09 Å². The van der Waals surface area contributed by atoms with E-state index in [2.05, 4.69) is 20.0 Å². The van der Waals surface area contributed by atoms with Gasteiger partial charge < -0.3 is 9.47 Å². The second-order valence-corrected chi connectivity index (χ2v) is 6.16. The predicted octanol–water partition coefficient (Wildman–Crippen LogP) is 4.15. The van der Waals surface area contributed by atoms with Crippen LogP contribution in [0, 0.1) is 0 Å². The Kier molecular flexibility index (Phi) is 5.05. The third kappa shape index (κ3) is 5.10. The Balaban J connectivity index is 2.34. The molecule has 2 rings (SSSR count). The van der Waals surface area contributed by atoms with Crippen molar-refractivity contribution >= 4 is 23.5 Å². The van der Waals surface area contributed by atoms with Gasteiger partial charge in [-0.3, -0.25) is 5.32 Å².